The van der Waals surface area contributed by atoms with Crippen molar-refractivity contribution in [2.45, 2.75) is 32.6 Å². The Labute approximate surface area is 67.4 Å². The molecule has 1 heteroatoms. The molecular weight excluding hydrogens is 136 g/mol. The molecule has 0 bridgehead atoms. The normalized spacial score (nSPS) is 37.7. The van der Waals surface area contributed by atoms with E-state index in [1.54, 1.807) is 5.57 Å². The third-order valence-electron chi connectivity index (χ3n) is 3.58. The van der Waals surface area contributed by atoms with Gasteiger partial charge < -0.3 is 4.74 Å². The Balaban J connectivity index is 1.96. The minimum Gasteiger partial charge on any atom is -0.497 e. The third-order valence-corrected chi connectivity index (χ3v) is 3.58. The molecule has 0 aromatic heterocycles. The molecule has 3 rings (SSSR count). The highest BCUT2D eigenvalue weighted by molar-refractivity contribution is 5.31. The molecule has 1 atom stereocenters. The smallest absolute Gasteiger partial charge is 0.102 e. The standard InChI is InChI=1S/C10H14O/c1-10(4-5-10)8-3-2-7-6-11-9(7)8/h7H,2-6H2,1H3. The van der Waals surface area contributed by atoms with Gasteiger partial charge in [0.1, 0.15) is 5.76 Å². The van der Waals surface area contributed by atoms with E-state index in [2.05, 4.69) is 6.92 Å². The number of ether oxygens (including phenoxy) is 1. The Kier molecular flexibility index (Phi) is 0.915. The van der Waals surface area contributed by atoms with Crippen molar-refractivity contribution < 1.29 is 4.74 Å². The molecule has 1 saturated heterocycles. The molecule has 0 amide bonds. The molecule has 1 heterocycles. The molecule has 0 spiro atoms. The van der Waals surface area contributed by atoms with Gasteiger partial charge >= 0.3 is 0 Å². The van der Waals surface area contributed by atoms with Gasteiger partial charge in [-0.25, -0.2) is 0 Å². The predicted molar refractivity (Wildman–Crippen MR) is 43.0 cm³/mol. The van der Waals surface area contributed by atoms with Crippen molar-refractivity contribution in [1.82, 2.24) is 0 Å². The molecule has 11 heavy (non-hydrogen) atoms. The lowest BCUT2D eigenvalue weighted by molar-refractivity contribution is 0.0535. The van der Waals surface area contributed by atoms with Crippen LogP contribution < -0.4 is 0 Å². The highest BCUT2D eigenvalue weighted by Crippen LogP contribution is 2.58. The first kappa shape index (κ1) is 6.10. The van der Waals surface area contributed by atoms with Crippen LogP contribution in [0.1, 0.15) is 32.6 Å². The largest absolute Gasteiger partial charge is 0.497 e. The zero-order valence-electron chi connectivity index (χ0n) is 7.02. The summed E-state index contributed by atoms with van der Waals surface area (Å²) in [4.78, 5) is 0. The molecule has 2 aliphatic carbocycles. The lowest BCUT2D eigenvalue weighted by Crippen LogP contribution is -2.22. The van der Waals surface area contributed by atoms with Crippen molar-refractivity contribution in [2.24, 2.45) is 11.3 Å². The van der Waals surface area contributed by atoms with Crippen LogP contribution in [0.2, 0.25) is 0 Å². The number of allylic oxidation sites excluding steroid dienone is 1. The Hall–Kier alpha value is -0.460. The molecule has 3 aliphatic rings. The summed E-state index contributed by atoms with van der Waals surface area (Å²) in [6.07, 6.45) is 5.51. The fraction of sp³-hybridized carbons (Fsp3) is 0.800. The number of fused-ring (bicyclic) bond motifs is 1. The molecule has 1 saturated carbocycles. The van der Waals surface area contributed by atoms with Gasteiger partial charge in [0.2, 0.25) is 0 Å². The van der Waals surface area contributed by atoms with Gasteiger partial charge in [0, 0.05) is 0 Å². The molecule has 1 unspecified atom stereocenters. The highest BCUT2D eigenvalue weighted by Gasteiger charge is 2.48. The topological polar surface area (TPSA) is 9.23 Å². The SMILES string of the molecule is CC1(C2=C3OCC3CC2)CC1. The third kappa shape index (κ3) is 0.666. The van der Waals surface area contributed by atoms with Crippen LogP contribution in [0, 0.1) is 11.3 Å². The van der Waals surface area contributed by atoms with Crippen LogP contribution >= 0.6 is 0 Å². The quantitative estimate of drug-likeness (QED) is 0.558. The van der Waals surface area contributed by atoms with Crippen molar-refractivity contribution in [1.29, 1.82) is 0 Å². The minimum atomic E-state index is 0.588. The van der Waals surface area contributed by atoms with E-state index in [-0.39, 0.29) is 0 Å². The van der Waals surface area contributed by atoms with Gasteiger partial charge in [-0.3, -0.25) is 0 Å². The molecule has 0 N–H and O–H groups in total. The summed E-state index contributed by atoms with van der Waals surface area (Å²) in [6.45, 7) is 3.40. The molecular formula is C10H14O. The summed E-state index contributed by atoms with van der Waals surface area (Å²) in [5, 5.41) is 0. The maximum atomic E-state index is 5.51. The summed E-state index contributed by atoms with van der Waals surface area (Å²) in [7, 11) is 0. The van der Waals surface area contributed by atoms with E-state index in [0.717, 1.165) is 12.5 Å². The highest BCUT2D eigenvalue weighted by atomic mass is 16.5. The lowest BCUT2D eigenvalue weighted by Gasteiger charge is -2.28. The van der Waals surface area contributed by atoms with Gasteiger partial charge in [0.25, 0.3) is 0 Å². The van der Waals surface area contributed by atoms with Gasteiger partial charge in [-0.1, -0.05) is 6.92 Å². The number of hydrogen-bond acceptors (Lipinski definition) is 1. The van der Waals surface area contributed by atoms with Gasteiger partial charge in [0.05, 0.1) is 12.5 Å². The second-order valence-corrected chi connectivity index (χ2v) is 4.45. The molecule has 0 aromatic rings. The first-order chi connectivity index (χ1) is 5.30. The van der Waals surface area contributed by atoms with Gasteiger partial charge in [0.15, 0.2) is 0 Å². The first-order valence-corrected chi connectivity index (χ1v) is 4.66. The monoisotopic (exact) mass is 150 g/mol. The maximum absolute atomic E-state index is 5.51. The summed E-state index contributed by atoms with van der Waals surface area (Å²) in [5.74, 6) is 2.23. The molecule has 2 fully saturated rings. The zero-order chi connectivity index (χ0) is 7.47. The number of hydrogen-bond donors (Lipinski definition) is 0. The zero-order valence-corrected chi connectivity index (χ0v) is 7.02. The molecule has 0 aromatic carbocycles. The van der Waals surface area contributed by atoms with Crippen molar-refractivity contribution in [3.63, 3.8) is 0 Å². The van der Waals surface area contributed by atoms with Gasteiger partial charge in [-0.05, 0) is 36.7 Å². The number of rotatable bonds is 1. The van der Waals surface area contributed by atoms with Crippen LogP contribution in [0.15, 0.2) is 11.3 Å². The van der Waals surface area contributed by atoms with E-state index in [0.29, 0.717) is 5.41 Å². The van der Waals surface area contributed by atoms with Gasteiger partial charge in [-0.15, -0.1) is 0 Å². The Bertz CT molecular complexity index is 235. The summed E-state index contributed by atoms with van der Waals surface area (Å²) in [5.41, 5.74) is 2.26. The Morgan fingerprint density at radius 1 is 1.45 bits per heavy atom. The minimum absolute atomic E-state index is 0.588. The van der Waals surface area contributed by atoms with Crippen LogP contribution in [0.25, 0.3) is 0 Å². The Morgan fingerprint density at radius 2 is 2.27 bits per heavy atom. The maximum Gasteiger partial charge on any atom is 0.102 e. The van der Waals surface area contributed by atoms with E-state index in [4.69, 9.17) is 4.74 Å². The van der Waals surface area contributed by atoms with E-state index in [1.807, 2.05) is 0 Å². The fourth-order valence-electron chi connectivity index (χ4n) is 2.36. The van der Waals surface area contributed by atoms with E-state index >= 15 is 0 Å². The summed E-state index contributed by atoms with van der Waals surface area (Å²) in [6, 6.07) is 0. The van der Waals surface area contributed by atoms with E-state index in [1.165, 1.54) is 31.4 Å². The molecule has 1 nitrogen and oxygen atoms in total. The van der Waals surface area contributed by atoms with Crippen molar-refractivity contribution in [2.75, 3.05) is 6.61 Å². The first-order valence-electron chi connectivity index (χ1n) is 4.66. The van der Waals surface area contributed by atoms with Gasteiger partial charge in [-0.2, -0.15) is 0 Å². The predicted octanol–water partition coefficient (Wildman–Crippen LogP) is 2.48. The Morgan fingerprint density at radius 3 is 2.73 bits per heavy atom. The second-order valence-electron chi connectivity index (χ2n) is 4.45. The van der Waals surface area contributed by atoms with Crippen LogP contribution in [-0.2, 0) is 4.74 Å². The second kappa shape index (κ2) is 1.65. The average molecular weight is 150 g/mol. The molecule has 1 aliphatic heterocycles. The van der Waals surface area contributed by atoms with Crippen LogP contribution in [0.4, 0.5) is 0 Å². The lowest BCUT2D eigenvalue weighted by atomic mass is 9.96. The van der Waals surface area contributed by atoms with E-state index in [9.17, 15) is 0 Å². The van der Waals surface area contributed by atoms with Crippen molar-refractivity contribution in [3.05, 3.63) is 11.3 Å². The fourth-order valence-corrected chi connectivity index (χ4v) is 2.36. The van der Waals surface area contributed by atoms with E-state index < -0.39 is 0 Å². The van der Waals surface area contributed by atoms with Crippen molar-refractivity contribution >= 4 is 0 Å². The molecule has 0 radical (unpaired) electrons. The summed E-state index contributed by atoms with van der Waals surface area (Å²) >= 11 is 0. The van der Waals surface area contributed by atoms with Crippen LogP contribution in [0.3, 0.4) is 0 Å². The molecule has 60 valence electrons. The average Bonchev–Trinajstić information content (AvgIpc) is 2.58. The van der Waals surface area contributed by atoms with Crippen LogP contribution in [-0.4, -0.2) is 6.61 Å². The summed E-state index contributed by atoms with van der Waals surface area (Å²) < 4.78 is 5.51. The van der Waals surface area contributed by atoms with Crippen LogP contribution in [0.5, 0.6) is 0 Å². The van der Waals surface area contributed by atoms with Crippen molar-refractivity contribution in [3.8, 4) is 0 Å².